The summed E-state index contributed by atoms with van der Waals surface area (Å²) in [7, 11) is -0.419. The molecular formula is C28H37BO3. The molecule has 32 heavy (non-hydrogen) atoms. The van der Waals surface area contributed by atoms with Gasteiger partial charge in [0.05, 0.1) is 11.2 Å². The van der Waals surface area contributed by atoms with Crippen LogP contribution in [0.1, 0.15) is 101 Å². The number of rotatable bonds is 3. The Morgan fingerprint density at radius 2 is 1.25 bits per heavy atom. The zero-order valence-electron chi connectivity index (χ0n) is 21.2. The molecule has 3 nitrogen and oxygen atoms in total. The molecule has 1 heterocycles. The van der Waals surface area contributed by atoms with Gasteiger partial charge in [0.25, 0.3) is 0 Å². The lowest BCUT2D eigenvalue weighted by Crippen LogP contribution is -2.41. The lowest BCUT2D eigenvalue weighted by atomic mass is 9.62. The first kappa shape index (κ1) is 23.3. The monoisotopic (exact) mass is 432 g/mol. The molecule has 0 bridgehead atoms. The standard InChI is InChI=1S/C28H37BO3/c1-18-16-22-23(26(4,5)15-14-25(22,2)3)17-21(18)24(30)19-10-12-20(13-11-19)29-31-27(6,7)28(8,9)32-29/h10-13,16-17H,14-15H2,1-9H3. The van der Waals surface area contributed by atoms with Crippen molar-refractivity contribution in [2.75, 3.05) is 0 Å². The van der Waals surface area contributed by atoms with Crippen LogP contribution in [0.5, 0.6) is 0 Å². The summed E-state index contributed by atoms with van der Waals surface area (Å²) in [5.74, 6) is 0.0740. The minimum Gasteiger partial charge on any atom is -0.399 e. The normalized spacial score (nSPS) is 22.5. The van der Waals surface area contributed by atoms with Crippen LogP contribution in [0.25, 0.3) is 0 Å². The molecule has 0 atom stereocenters. The Kier molecular flexibility index (Phi) is 5.30. The molecular weight excluding hydrogens is 395 g/mol. The molecule has 2 aromatic carbocycles. The fourth-order valence-electron chi connectivity index (χ4n) is 4.89. The molecule has 0 radical (unpaired) electrons. The summed E-state index contributed by atoms with van der Waals surface area (Å²) in [6.07, 6.45) is 2.30. The van der Waals surface area contributed by atoms with Crippen LogP contribution in [0, 0.1) is 6.92 Å². The second-order valence-corrected chi connectivity index (χ2v) is 12.0. The van der Waals surface area contributed by atoms with Crippen molar-refractivity contribution < 1.29 is 14.1 Å². The number of aryl methyl sites for hydroxylation is 1. The highest BCUT2D eigenvalue weighted by molar-refractivity contribution is 6.62. The molecule has 170 valence electrons. The van der Waals surface area contributed by atoms with Crippen LogP contribution in [0.4, 0.5) is 0 Å². The van der Waals surface area contributed by atoms with Crippen molar-refractivity contribution in [1.82, 2.24) is 0 Å². The van der Waals surface area contributed by atoms with E-state index in [4.69, 9.17) is 9.31 Å². The van der Waals surface area contributed by atoms with E-state index in [1.54, 1.807) is 0 Å². The Hall–Kier alpha value is -1.91. The SMILES string of the molecule is Cc1cc2c(cc1C(=O)c1ccc(B3OC(C)(C)C(C)(C)O3)cc1)C(C)(C)CCC2(C)C. The molecule has 4 heteroatoms. The molecule has 2 aliphatic rings. The molecule has 1 saturated heterocycles. The van der Waals surface area contributed by atoms with Crippen LogP contribution in [-0.2, 0) is 20.1 Å². The van der Waals surface area contributed by atoms with Crippen LogP contribution in [0.15, 0.2) is 36.4 Å². The van der Waals surface area contributed by atoms with Crippen LogP contribution in [0.3, 0.4) is 0 Å². The summed E-state index contributed by atoms with van der Waals surface area (Å²) >= 11 is 0. The van der Waals surface area contributed by atoms with Gasteiger partial charge >= 0.3 is 7.12 Å². The summed E-state index contributed by atoms with van der Waals surface area (Å²) in [6, 6.07) is 12.1. The van der Waals surface area contributed by atoms with Gasteiger partial charge < -0.3 is 9.31 Å². The highest BCUT2D eigenvalue weighted by Crippen LogP contribution is 2.46. The molecule has 1 aliphatic heterocycles. The largest absolute Gasteiger partial charge is 0.494 e. The van der Waals surface area contributed by atoms with Crippen LogP contribution >= 0.6 is 0 Å². The molecule has 1 aliphatic carbocycles. The van der Waals surface area contributed by atoms with Crippen molar-refractivity contribution in [1.29, 1.82) is 0 Å². The van der Waals surface area contributed by atoms with Gasteiger partial charge in [0.2, 0.25) is 0 Å². The molecule has 0 amide bonds. The van der Waals surface area contributed by atoms with Crippen molar-refractivity contribution in [3.8, 4) is 0 Å². The summed E-state index contributed by atoms with van der Waals surface area (Å²) in [6.45, 7) is 19.5. The number of hydrogen-bond acceptors (Lipinski definition) is 3. The van der Waals surface area contributed by atoms with Crippen LogP contribution < -0.4 is 5.46 Å². The van der Waals surface area contributed by atoms with E-state index in [9.17, 15) is 4.79 Å². The van der Waals surface area contributed by atoms with Gasteiger partial charge in [-0.2, -0.15) is 0 Å². The van der Waals surface area contributed by atoms with E-state index < -0.39 is 7.12 Å². The lowest BCUT2D eigenvalue weighted by molar-refractivity contribution is 0.00578. The number of benzene rings is 2. The molecule has 0 aromatic heterocycles. The van der Waals surface area contributed by atoms with Gasteiger partial charge in [0.1, 0.15) is 0 Å². The third-order valence-corrected chi connectivity index (χ3v) is 8.14. The number of hydrogen-bond donors (Lipinski definition) is 0. The maximum Gasteiger partial charge on any atom is 0.494 e. The van der Waals surface area contributed by atoms with Gasteiger partial charge in [-0.25, -0.2) is 0 Å². The molecule has 0 unspecified atom stereocenters. The van der Waals surface area contributed by atoms with Crippen LogP contribution in [-0.4, -0.2) is 24.1 Å². The molecule has 1 fully saturated rings. The lowest BCUT2D eigenvalue weighted by Gasteiger charge is -2.42. The second-order valence-electron chi connectivity index (χ2n) is 12.0. The number of carbonyl (C=O) groups is 1. The number of carbonyl (C=O) groups excluding carboxylic acids is 1. The van der Waals surface area contributed by atoms with E-state index in [0.29, 0.717) is 5.56 Å². The van der Waals surface area contributed by atoms with E-state index in [1.165, 1.54) is 17.5 Å². The fraction of sp³-hybridized carbons (Fsp3) is 0.536. The summed E-state index contributed by atoms with van der Waals surface area (Å²) in [5, 5.41) is 0. The van der Waals surface area contributed by atoms with E-state index >= 15 is 0 Å². The molecule has 0 saturated carbocycles. The van der Waals surface area contributed by atoms with Crippen molar-refractivity contribution >= 4 is 18.4 Å². The van der Waals surface area contributed by atoms with Gasteiger partial charge in [-0.05, 0) is 86.5 Å². The Morgan fingerprint density at radius 3 is 1.75 bits per heavy atom. The van der Waals surface area contributed by atoms with E-state index in [1.807, 2.05) is 52.0 Å². The quantitative estimate of drug-likeness (QED) is 0.449. The molecule has 2 aromatic rings. The van der Waals surface area contributed by atoms with Crippen molar-refractivity contribution in [2.45, 2.75) is 97.2 Å². The van der Waals surface area contributed by atoms with Gasteiger partial charge in [0, 0.05) is 11.1 Å². The summed E-state index contributed by atoms with van der Waals surface area (Å²) in [5.41, 5.74) is 5.64. The third-order valence-electron chi connectivity index (χ3n) is 8.14. The second kappa shape index (κ2) is 7.30. The van der Waals surface area contributed by atoms with E-state index in [-0.39, 0.29) is 27.8 Å². The van der Waals surface area contributed by atoms with E-state index in [0.717, 1.165) is 23.0 Å². The van der Waals surface area contributed by atoms with Gasteiger partial charge in [-0.3, -0.25) is 4.79 Å². The zero-order valence-corrected chi connectivity index (χ0v) is 21.2. The maximum absolute atomic E-state index is 13.5. The van der Waals surface area contributed by atoms with Crippen molar-refractivity contribution in [2.24, 2.45) is 0 Å². The number of fused-ring (bicyclic) bond motifs is 1. The minimum absolute atomic E-state index is 0.0740. The summed E-state index contributed by atoms with van der Waals surface area (Å²) in [4.78, 5) is 13.5. The van der Waals surface area contributed by atoms with Crippen molar-refractivity contribution in [3.63, 3.8) is 0 Å². The Morgan fingerprint density at radius 1 is 0.781 bits per heavy atom. The maximum atomic E-state index is 13.5. The first-order valence-corrected chi connectivity index (χ1v) is 11.8. The highest BCUT2D eigenvalue weighted by Gasteiger charge is 2.51. The molecule has 0 N–H and O–H groups in total. The van der Waals surface area contributed by atoms with Crippen LogP contribution in [0.2, 0.25) is 0 Å². The molecule has 0 spiro atoms. The minimum atomic E-state index is -0.419. The van der Waals surface area contributed by atoms with Gasteiger partial charge in [-0.1, -0.05) is 58.0 Å². The predicted molar refractivity (Wildman–Crippen MR) is 132 cm³/mol. The van der Waals surface area contributed by atoms with Crippen molar-refractivity contribution in [3.05, 3.63) is 64.2 Å². The number of ketones is 1. The Balaban J connectivity index is 1.65. The first-order chi connectivity index (χ1) is 14.6. The van der Waals surface area contributed by atoms with E-state index in [2.05, 4.69) is 46.8 Å². The Bertz CT molecular complexity index is 1040. The fourth-order valence-corrected chi connectivity index (χ4v) is 4.89. The average molecular weight is 432 g/mol. The predicted octanol–water partition coefficient (Wildman–Crippen LogP) is 5.87. The van der Waals surface area contributed by atoms with Gasteiger partial charge in [-0.15, -0.1) is 0 Å². The Labute approximate surface area is 194 Å². The first-order valence-electron chi connectivity index (χ1n) is 11.8. The third kappa shape index (κ3) is 3.76. The summed E-state index contributed by atoms with van der Waals surface area (Å²) < 4.78 is 12.3. The topological polar surface area (TPSA) is 35.5 Å². The average Bonchev–Trinajstić information content (AvgIpc) is 2.92. The molecule has 4 rings (SSSR count). The highest BCUT2D eigenvalue weighted by atomic mass is 16.7. The smallest absolute Gasteiger partial charge is 0.399 e. The zero-order chi connectivity index (χ0) is 23.7. The van der Waals surface area contributed by atoms with Gasteiger partial charge in [0.15, 0.2) is 5.78 Å².